The van der Waals surface area contributed by atoms with E-state index >= 15 is 0 Å². The van der Waals surface area contributed by atoms with Crippen LogP contribution in [0.1, 0.15) is 17.9 Å². The van der Waals surface area contributed by atoms with Crippen LogP contribution >= 0.6 is 15.9 Å². The van der Waals surface area contributed by atoms with Crippen LogP contribution in [0, 0.1) is 5.82 Å². The fourth-order valence-corrected chi connectivity index (χ4v) is 2.47. The second kappa shape index (κ2) is 3.76. The third-order valence-corrected chi connectivity index (χ3v) is 3.16. The molecule has 1 saturated heterocycles. The molecule has 1 unspecified atom stereocenters. The zero-order chi connectivity index (χ0) is 9.26. The van der Waals surface area contributed by atoms with Gasteiger partial charge in [0.1, 0.15) is 5.82 Å². The van der Waals surface area contributed by atoms with Crippen LogP contribution in [-0.4, -0.2) is 13.1 Å². The number of halogens is 2. The highest BCUT2D eigenvalue weighted by Gasteiger charge is 2.21. The smallest absolute Gasteiger partial charge is 0.127 e. The summed E-state index contributed by atoms with van der Waals surface area (Å²) in [5, 5.41) is 3.24. The lowest BCUT2D eigenvalue weighted by Gasteiger charge is -2.11. The van der Waals surface area contributed by atoms with Crippen molar-refractivity contribution in [2.24, 2.45) is 0 Å². The summed E-state index contributed by atoms with van der Waals surface area (Å²) in [6.45, 7) is 1.88. The first-order valence-corrected chi connectivity index (χ1v) is 5.23. The van der Waals surface area contributed by atoms with E-state index in [0.717, 1.165) is 29.5 Å². The Balaban J connectivity index is 2.37. The van der Waals surface area contributed by atoms with Gasteiger partial charge in [0.15, 0.2) is 0 Å². The van der Waals surface area contributed by atoms with Gasteiger partial charge in [-0.3, -0.25) is 0 Å². The zero-order valence-electron chi connectivity index (χ0n) is 7.19. The lowest BCUT2D eigenvalue weighted by atomic mass is 9.98. The van der Waals surface area contributed by atoms with Crippen LogP contribution < -0.4 is 5.32 Å². The van der Waals surface area contributed by atoms with Gasteiger partial charge in [-0.2, -0.15) is 0 Å². The SMILES string of the molecule is Fc1cccc(Br)c1C1CCNC1. The van der Waals surface area contributed by atoms with Crippen molar-refractivity contribution in [3.05, 3.63) is 34.1 Å². The van der Waals surface area contributed by atoms with E-state index in [9.17, 15) is 4.39 Å². The largest absolute Gasteiger partial charge is 0.316 e. The van der Waals surface area contributed by atoms with Gasteiger partial charge in [-0.25, -0.2) is 4.39 Å². The second-order valence-electron chi connectivity index (χ2n) is 3.33. The van der Waals surface area contributed by atoms with Crippen molar-refractivity contribution in [1.82, 2.24) is 5.32 Å². The summed E-state index contributed by atoms with van der Waals surface area (Å²) in [5.41, 5.74) is 0.826. The molecule has 1 nitrogen and oxygen atoms in total. The van der Waals surface area contributed by atoms with Crippen LogP contribution in [0.2, 0.25) is 0 Å². The van der Waals surface area contributed by atoms with E-state index in [1.807, 2.05) is 6.07 Å². The Hall–Kier alpha value is -0.410. The summed E-state index contributed by atoms with van der Waals surface area (Å²) >= 11 is 3.39. The molecule has 0 aliphatic carbocycles. The highest BCUT2D eigenvalue weighted by atomic mass is 79.9. The number of nitrogens with one attached hydrogen (secondary N) is 1. The first-order chi connectivity index (χ1) is 6.29. The lowest BCUT2D eigenvalue weighted by Crippen LogP contribution is -2.09. The second-order valence-corrected chi connectivity index (χ2v) is 4.18. The van der Waals surface area contributed by atoms with Gasteiger partial charge in [-0.15, -0.1) is 0 Å². The van der Waals surface area contributed by atoms with Gasteiger partial charge in [0.2, 0.25) is 0 Å². The molecule has 3 heteroatoms. The molecule has 1 aromatic carbocycles. The molecule has 0 aromatic heterocycles. The van der Waals surface area contributed by atoms with E-state index in [4.69, 9.17) is 0 Å². The topological polar surface area (TPSA) is 12.0 Å². The van der Waals surface area contributed by atoms with E-state index in [0.29, 0.717) is 5.92 Å². The van der Waals surface area contributed by atoms with Crippen molar-refractivity contribution in [3.8, 4) is 0 Å². The fraction of sp³-hybridized carbons (Fsp3) is 0.400. The Labute approximate surface area is 85.5 Å². The van der Waals surface area contributed by atoms with Gasteiger partial charge in [-0.1, -0.05) is 22.0 Å². The van der Waals surface area contributed by atoms with Crippen LogP contribution in [0.15, 0.2) is 22.7 Å². The summed E-state index contributed by atoms with van der Waals surface area (Å²) in [6.07, 6.45) is 1.03. The molecule has 1 aromatic rings. The number of hydrogen-bond donors (Lipinski definition) is 1. The van der Waals surface area contributed by atoms with E-state index in [-0.39, 0.29) is 5.82 Å². The number of hydrogen-bond acceptors (Lipinski definition) is 1. The molecule has 0 spiro atoms. The van der Waals surface area contributed by atoms with Crippen molar-refractivity contribution in [2.45, 2.75) is 12.3 Å². The van der Waals surface area contributed by atoms with Crippen LogP contribution in [0.4, 0.5) is 4.39 Å². The Morgan fingerprint density at radius 2 is 2.31 bits per heavy atom. The maximum absolute atomic E-state index is 13.4. The molecule has 1 N–H and O–H groups in total. The van der Waals surface area contributed by atoms with Crippen molar-refractivity contribution < 1.29 is 4.39 Å². The van der Waals surface area contributed by atoms with Crippen LogP contribution in [0.3, 0.4) is 0 Å². The molecule has 0 saturated carbocycles. The normalized spacial score (nSPS) is 22.2. The highest BCUT2D eigenvalue weighted by Crippen LogP contribution is 2.31. The lowest BCUT2D eigenvalue weighted by molar-refractivity contribution is 0.586. The molecule has 0 radical (unpaired) electrons. The van der Waals surface area contributed by atoms with Crippen molar-refractivity contribution >= 4 is 15.9 Å². The Kier molecular flexibility index (Phi) is 2.65. The quantitative estimate of drug-likeness (QED) is 0.800. The third-order valence-electron chi connectivity index (χ3n) is 2.47. The average molecular weight is 244 g/mol. The molecule has 70 valence electrons. The number of benzene rings is 1. The highest BCUT2D eigenvalue weighted by molar-refractivity contribution is 9.10. The first kappa shape index (κ1) is 9.16. The van der Waals surface area contributed by atoms with E-state index in [1.165, 1.54) is 6.07 Å². The molecule has 1 heterocycles. The first-order valence-electron chi connectivity index (χ1n) is 4.43. The molecule has 0 bridgehead atoms. The molecule has 2 rings (SSSR count). The summed E-state index contributed by atoms with van der Waals surface area (Å²) < 4.78 is 14.3. The van der Waals surface area contributed by atoms with E-state index in [2.05, 4.69) is 21.2 Å². The Morgan fingerprint density at radius 3 is 2.92 bits per heavy atom. The van der Waals surface area contributed by atoms with Crippen LogP contribution in [0.5, 0.6) is 0 Å². The van der Waals surface area contributed by atoms with Gasteiger partial charge in [0, 0.05) is 22.5 Å². The monoisotopic (exact) mass is 243 g/mol. The van der Waals surface area contributed by atoms with Gasteiger partial charge >= 0.3 is 0 Å². The predicted molar refractivity (Wildman–Crippen MR) is 54.3 cm³/mol. The summed E-state index contributed by atoms with van der Waals surface area (Å²) in [7, 11) is 0. The Bertz CT molecular complexity index is 288. The maximum atomic E-state index is 13.4. The summed E-state index contributed by atoms with van der Waals surface area (Å²) in [4.78, 5) is 0. The molecule has 1 atom stereocenters. The van der Waals surface area contributed by atoms with Crippen LogP contribution in [0.25, 0.3) is 0 Å². The summed E-state index contributed by atoms with van der Waals surface area (Å²) in [6, 6.07) is 5.15. The molecular formula is C10H11BrFN. The molecule has 1 aliphatic rings. The van der Waals surface area contributed by atoms with Crippen molar-refractivity contribution in [3.63, 3.8) is 0 Å². The molecular weight excluding hydrogens is 233 g/mol. The minimum Gasteiger partial charge on any atom is -0.316 e. The van der Waals surface area contributed by atoms with Gasteiger partial charge in [0.05, 0.1) is 0 Å². The van der Waals surface area contributed by atoms with Crippen molar-refractivity contribution in [1.29, 1.82) is 0 Å². The predicted octanol–water partition coefficient (Wildman–Crippen LogP) is 2.67. The minimum atomic E-state index is -0.0944. The van der Waals surface area contributed by atoms with E-state index < -0.39 is 0 Å². The molecule has 1 aliphatic heterocycles. The fourth-order valence-electron chi connectivity index (χ4n) is 1.80. The standard InChI is InChI=1S/C10H11BrFN/c11-8-2-1-3-9(12)10(8)7-4-5-13-6-7/h1-3,7,13H,4-6H2. The van der Waals surface area contributed by atoms with Gasteiger partial charge in [-0.05, 0) is 25.1 Å². The average Bonchev–Trinajstić information content (AvgIpc) is 2.57. The molecule has 13 heavy (non-hydrogen) atoms. The maximum Gasteiger partial charge on any atom is 0.127 e. The van der Waals surface area contributed by atoms with Gasteiger partial charge in [0.25, 0.3) is 0 Å². The van der Waals surface area contributed by atoms with Gasteiger partial charge < -0.3 is 5.32 Å². The number of rotatable bonds is 1. The van der Waals surface area contributed by atoms with Crippen molar-refractivity contribution in [2.75, 3.05) is 13.1 Å². The molecule has 0 amide bonds. The van der Waals surface area contributed by atoms with Crippen LogP contribution in [-0.2, 0) is 0 Å². The summed E-state index contributed by atoms with van der Waals surface area (Å²) in [5.74, 6) is 0.235. The zero-order valence-corrected chi connectivity index (χ0v) is 8.77. The molecule has 1 fully saturated rings. The minimum absolute atomic E-state index is 0.0944. The third kappa shape index (κ3) is 1.76. The Morgan fingerprint density at radius 1 is 1.46 bits per heavy atom. The van der Waals surface area contributed by atoms with E-state index in [1.54, 1.807) is 6.07 Å².